The predicted molar refractivity (Wildman–Crippen MR) is 104 cm³/mol. The summed E-state index contributed by atoms with van der Waals surface area (Å²) in [5, 5.41) is 4.69. The lowest BCUT2D eigenvalue weighted by molar-refractivity contribution is -0.122. The lowest BCUT2D eigenvalue weighted by atomic mass is 9.93. The molecule has 2 bridgehead atoms. The second-order valence-corrected chi connectivity index (χ2v) is 8.59. The monoisotopic (exact) mass is 351 g/mol. The Kier molecular flexibility index (Phi) is 4.04. The number of hydrogen-bond acceptors (Lipinski definition) is 2. The van der Waals surface area contributed by atoms with Gasteiger partial charge in [-0.1, -0.05) is 30.9 Å². The Morgan fingerprint density at radius 1 is 1.19 bits per heavy atom. The van der Waals surface area contributed by atoms with Gasteiger partial charge in [-0.3, -0.25) is 9.69 Å². The average Bonchev–Trinajstić information content (AvgIpc) is 3.15. The highest BCUT2D eigenvalue weighted by atomic mass is 16.2. The fourth-order valence-electron chi connectivity index (χ4n) is 5.44. The number of nitrogens with one attached hydrogen (secondary N) is 1. The molecule has 2 atom stereocenters. The lowest BCUT2D eigenvalue weighted by Gasteiger charge is -2.26. The maximum absolute atomic E-state index is 12.8. The smallest absolute Gasteiger partial charge is 0.240 e. The van der Waals surface area contributed by atoms with Gasteiger partial charge in [0.25, 0.3) is 0 Å². The number of benzene rings is 1. The van der Waals surface area contributed by atoms with Crippen LogP contribution in [0.15, 0.2) is 18.2 Å². The first-order valence-electron chi connectivity index (χ1n) is 10.3. The normalized spacial score (nSPS) is 25.4. The van der Waals surface area contributed by atoms with Crippen molar-refractivity contribution in [1.29, 1.82) is 0 Å². The molecule has 4 heteroatoms. The molecule has 0 spiro atoms. The number of carbonyl (C=O) groups excluding carboxylic acids is 1. The summed E-state index contributed by atoms with van der Waals surface area (Å²) in [6.07, 6.45) is 7.37. The van der Waals surface area contributed by atoms with E-state index in [1.807, 2.05) is 0 Å². The van der Waals surface area contributed by atoms with Crippen molar-refractivity contribution in [2.24, 2.45) is 0 Å². The second-order valence-electron chi connectivity index (χ2n) is 8.59. The highest BCUT2D eigenvalue weighted by molar-refractivity contribution is 5.89. The summed E-state index contributed by atoms with van der Waals surface area (Å²) in [6.45, 7) is 6.01. The fraction of sp³-hybridized carbons (Fsp3) is 0.591. The summed E-state index contributed by atoms with van der Waals surface area (Å²) in [5.74, 6) is 0.829. The van der Waals surface area contributed by atoms with E-state index in [0.717, 1.165) is 19.4 Å². The number of fused-ring (bicyclic) bond motifs is 6. The molecular formula is C22H29N3O. The zero-order chi connectivity index (χ0) is 17.7. The molecular weight excluding hydrogens is 322 g/mol. The van der Waals surface area contributed by atoms with Gasteiger partial charge in [0.1, 0.15) is 6.54 Å². The highest BCUT2D eigenvalue weighted by Gasteiger charge is 2.35. The summed E-state index contributed by atoms with van der Waals surface area (Å²) in [6, 6.07) is 7.12. The number of hydrogen-bond donors (Lipinski definition) is 1. The van der Waals surface area contributed by atoms with Gasteiger partial charge in [0.2, 0.25) is 5.91 Å². The molecule has 1 saturated carbocycles. The molecule has 1 aliphatic carbocycles. The van der Waals surface area contributed by atoms with Crippen LogP contribution >= 0.6 is 0 Å². The number of amides is 1. The van der Waals surface area contributed by atoms with Gasteiger partial charge in [0, 0.05) is 41.6 Å². The maximum atomic E-state index is 12.8. The van der Waals surface area contributed by atoms with E-state index in [-0.39, 0.29) is 5.91 Å². The quantitative estimate of drug-likeness (QED) is 0.915. The number of carbonyl (C=O) groups is 1. The molecule has 1 N–H and O–H groups in total. The second kappa shape index (κ2) is 6.41. The van der Waals surface area contributed by atoms with Crippen LogP contribution in [0.25, 0.3) is 10.9 Å². The number of aromatic nitrogens is 1. The van der Waals surface area contributed by atoms with E-state index in [1.165, 1.54) is 66.5 Å². The zero-order valence-electron chi connectivity index (χ0n) is 15.8. The summed E-state index contributed by atoms with van der Waals surface area (Å²) in [5.41, 5.74) is 5.47. The molecule has 2 fully saturated rings. The van der Waals surface area contributed by atoms with Crippen molar-refractivity contribution in [2.45, 2.75) is 70.5 Å². The highest BCUT2D eigenvalue weighted by Crippen LogP contribution is 2.42. The van der Waals surface area contributed by atoms with Crippen molar-refractivity contribution < 1.29 is 4.79 Å². The predicted octanol–water partition coefficient (Wildman–Crippen LogP) is 3.70. The van der Waals surface area contributed by atoms with Crippen molar-refractivity contribution in [3.63, 3.8) is 0 Å². The van der Waals surface area contributed by atoms with E-state index >= 15 is 0 Å². The number of rotatable bonds is 3. The molecule has 2 aliphatic heterocycles. The third kappa shape index (κ3) is 2.75. The minimum absolute atomic E-state index is 0.185. The molecule has 4 nitrogen and oxygen atoms in total. The molecule has 1 aromatic heterocycles. The molecule has 5 rings (SSSR count). The summed E-state index contributed by atoms with van der Waals surface area (Å²) < 4.78 is 2.31. The van der Waals surface area contributed by atoms with E-state index in [9.17, 15) is 4.79 Å². The van der Waals surface area contributed by atoms with E-state index in [2.05, 4.69) is 39.9 Å². The molecule has 2 unspecified atom stereocenters. The van der Waals surface area contributed by atoms with E-state index < -0.39 is 0 Å². The molecule has 26 heavy (non-hydrogen) atoms. The molecule has 0 radical (unpaired) electrons. The van der Waals surface area contributed by atoms with Gasteiger partial charge in [-0.25, -0.2) is 0 Å². The molecule has 1 aromatic carbocycles. The van der Waals surface area contributed by atoms with Crippen LogP contribution in [0.5, 0.6) is 0 Å². The lowest BCUT2D eigenvalue weighted by Crippen LogP contribution is -2.38. The van der Waals surface area contributed by atoms with Crippen LogP contribution in [0.1, 0.15) is 61.3 Å². The summed E-state index contributed by atoms with van der Waals surface area (Å²) >= 11 is 0. The van der Waals surface area contributed by atoms with Crippen LogP contribution in [0.2, 0.25) is 0 Å². The number of aryl methyl sites for hydroxylation is 1. The first-order valence-corrected chi connectivity index (χ1v) is 10.3. The molecule has 1 amide bonds. The Bertz CT molecular complexity index is 847. The maximum Gasteiger partial charge on any atom is 0.240 e. The Morgan fingerprint density at radius 3 is 2.88 bits per heavy atom. The third-order valence-electron chi connectivity index (χ3n) is 6.70. The fourth-order valence-corrected chi connectivity index (χ4v) is 5.44. The Hall–Kier alpha value is -1.81. The third-order valence-corrected chi connectivity index (χ3v) is 6.70. The summed E-state index contributed by atoms with van der Waals surface area (Å²) in [7, 11) is 0. The van der Waals surface area contributed by atoms with E-state index in [0.29, 0.717) is 18.5 Å². The first kappa shape index (κ1) is 16.4. The number of nitrogens with zero attached hydrogens (tertiary/aromatic N) is 2. The van der Waals surface area contributed by atoms with Gasteiger partial charge in [-0.05, 0) is 50.4 Å². The van der Waals surface area contributed by atoms with Gasteiger partial charge in [0.05, 0.1) is 0 Å². The van der Waals surface area contributed by atoms with Crippen LogP contribution in [-0.2, 0) is 17.9 Å². The Labute approximate surface area is 155 Å². The molecule has 2 aromatic rings. The van der Waals surface area contributed by atoms with Gasteiger partial charge >= 0.3 is 0 Å². The first-order chi connectivity index (χ1) is 12.7. The largest absolute Gasteiger partial charge is 0.352 e. The SMILES string of the molecule is Cc1ccc2c(c1)c1c(n2CC(=O)NC2CCCCC2)CN2CCC1C2. The Balaban J connectivity index is 1.49. The van der Waals surface area contributed by atoms with E-state index in [4.69, 9.17) is 0 Å². The Morgan fingerprint density at radius 2 is 2.04 bits per heavy atom. The van der Waals surface area contributed by atoms with E-state index in [1.54, 1.807) is 0 Å². The van der Waals surface area contributed by atoms with Gasteiger partial charge in [-0.2, -0.15) is 0 Å². The van der Waals surface area contributed by atoms with Crippen LogP contribution < -0.4 is 5.32 Å². The van der Waals surface area contributed by atoms with Crippen LogP contribution in [-0.4, -0.2) is 34.5 Å². The average molecular weight is 351 g/mol. The standard InChI is InChI=1S/C22H29N3O/c1-15-7-8-19-18(11-15)22-16-9-10-24(12-16)13-20(22)25(19)14-21(26)23-17-5-3-2-4-6-17/h7-8,11,16-17H,2-6,9-10,12-14H2,1H3,(H,23,26). The van der Waals surface area contributed by atoms with Crippen LogP contribution in [0.3, 0.4) is 0 Å². The van der Waals surface area contributed by atoms with Crippen LogP contribution in [0, 0.1) is 6.92 Å². The van der Waals surface area contributed by atoms with Crippen molar-refractivity contribution in [3.8, 4) is 0 Å². The van der Waals surface area contributed by atoms with Crippen molar-refractivity contribution in [1.82, 2.24) is 14.8 Å². The molecule has 3 heterocycles. The van der Waals surface area contributed by atoms with Gasteiger partial charge < -0.3 is 9.88 Å². The van der Waals surface area contributed by atoms with Crippen molar-refractivity contribution >= 4 is 16.8 Å². The topological polar surface area (TPSA) is 37.3 Å². The molecule has 1 saturated heterocycles. The molecule has 3 aliphatic rings. The van der Waals surface area contributed by atoms with Crippen molar-refractivity contribution in [3.05, 3.63) is 35.0 Å². The minimum atomic E-state index is 0.185. The van der Waals surface area contributed by atoms with Crippen molar-refractivity contribution in [2.75, 3.05) is 13.1 Å². The van der Waals surface area contributed by atoms with Crippen LogP contribution in [0.4, 0.5) is 0 Å². The molecule has 138 valence electrons. The zero-order valence-corrected chi connectivity index (χ0v) is 15.8. The summed E-state index contributed by atoms with van der Waals surface area (Å²) in [4.78, 5) is 15.4. The van der Waals surface area contributed by atoms with Gasteiger partial charge in [0.15, 0.2) is 0 Å². The minimum Gasteiger partial charge on any atom is -0.352 e. The van der Waals surface area contributed by atoms with Gasteiger partial charge in [-0.15, -0.1) is 0 Å².